The fraction of sp³-hybridized carbons (Fsp3) is 0.235. The van der Waals surface area contributed by atoms with Crippen molar-refractivity contribution in [1.82, 2.24) is 15.1 Å². The molecule has 0 radical (unpaired) electrons. The number of benzene rings is 3. The monoisotopic (exact) mass is 614 g/mol. The highest BCUT2D eigenvalue weighted by Crippen LogP contribution is 2.30. The zero-order valence-electron chi connectivity index (χ0n) is 24.7. The molecule has 0 atom stereocenters. The van der Waals surface area contributed by atoms with Crippen LogP contribution in [0.15, 0.2) is 85.6 Å². The van der Waals surface area contributed by atoms with Gasteiger partial charge in [-0.1, -0.05) is 30.9 Å². The number of aryl methyl sites for hydroxylation is 1. The van der Waals surface area contributed by atoms with E-state index in [9.17, 15) is 18.8 Å². The molecule has 44 heavy (non-hydrogen) atoms. The topological polar surface area (TPSA) is 104 Å². The van der Waals surface area contributed by atoms with Gasteiger partial charge in [-0.15, -0.1) is 0 Å². The quantitative estimate of drug-likeness (QED) is 0.117. The van der Waals surface area contributed by atoms with Crippen LogP contribution in [-0.2, 0) is 4.74 Å². The number of ether oxygens (including phenoxy) is 1. The van der Waals surface area contributed by atoms with Crippen molar-refractivity contribution in [1.29, 1.82) is 0 Å². The number of carbonyl (C=O) groups is 3. The van der Waals surface area contributed by atoms with Crippen molar-refractivity contribution < 1.29 is 23.5 Å². The molecule has 4 aromatic rings. The predicted molar refractivity (Wildman–Crippen MR) is 173 cm³/mol. The highest BCUT2D eigenvalue weighted by molar-refractivity contribution is 7.79. The first-order valence-corrected chi connectivity index (χ1v) is 15.1. The largest absolute Gasteiger partial charge is 0.458 e. The van der Waals surface area contributed by atoms with Gasteiger partial charge >= 0.3 is 5.97 Å². The van der Waals surface area contributed by atoms with E-state index in [1.54, 1.807) is 42.7 Å². The molecule has 2 N–H and O–H groups in total. The third-order valence-electron chi connectivity index (χ3n) is 7.47. The van der Waals surface area contributed by atoms with Crippen molar-refractivity contribution in [3.05, 3.63) is 119 Å². The lowest BCUT2D eigenvalue weighted by molar-refractivity contribution is 0.0549. The zero-order valence-corrected chi connectivity index (χ0v) is 25.6. The summed E-state index contributed by atoms with van der Waals surface area (Å²) in [4.78, 5) is 40.5. The number of aromatic amines is 1. The second kappa shape index (κ2) is 15.2. The van der Waals surface area contributed by atoms with E-state index in [0.29, 0.717) is 46.7 Å². The van der Waals surface area contributed by atoms with Gasteiger partial charge in [-0.3, -0.25) is 14.7 Å². The lowest BCUT2D eigenvalue weighted by Crippen LogP contribution is -2.38. The molecule has 0 saturated carbocycles. The number of halogens is 1. The smallest absolute Gasteiger partial charge is 0.338 e. The second-order valence-electron chi connectivity index (χ2n) is 10.2. The molecule has 0 bridgehead atoms. The molecule has 2 amide bonds. The minimum Gasteiger partial charge on any atom is -0.458 e. The van der Waals surface area contributed by atoms with E-state index in [0.717, 1.165) is 24.0 Å². The minimum atomic E-state index is -0.397. The molecule has 1 fully saturated rings. The summed E-state index contributed by atoms with van der Waals surface area (Å²) < 4.78 is 18.4. The summed E-state index contributed by atoms with van der Waals surface area (Å²) in [5.74, 6) is -0.954. The number of nitrogens with one attached hydrogen (secondary N) is 2. The Bertz CT molecular complexity index is 1610. The predicted octanol–water partition coefficient (Wildman–Crippen LogP) is 6.69. The van der Waals surface area contributed by atoms with Gasteiger partial charge in [0, 0.05) is 29.9 Å². The van der Waals surface area contributed by atoms with Crippen LogP contribution >= 0.6 is 12.6 Å². The molecule has 1 saturated heterocycles. The van der Waals surface area contributed by atoms with Gasteiger partial charge in [-0.25, -0.2) is 9.18 Å². The third kappa shape index (κ3) is 7.62. The first-order valence-electron chi connectivity index (χ1n) is 14.2. The average Bonchev–Trinajstić information content (AvgIpc) is 3.56. The van der Waals surface area contributed by atoms with Crippen LogP contribution in [0.2, 0.25) is 0 Å². The summed E-state index contributed by atoms with van der Waals surface area (Å²) in [5.41, 5.74) is 4.86. The van der Waals surface area contributed by atoms with Crippen LogP contribution in [-0.4, -0.2) is 58.8 Å². The number of carbonyl (C=O) groups excluding carboxylic acids is 3. The summed E-state index contributed by atoms with van der Waals surface area (Å²) in [7, 11) is 0. The Labute approximate surface area is 261 Å². The van der Waals surface area contributed by atoms with E-state index in [2.05, 4.69) is 34.7 Å². The summed E-state index contributed by atoms with van der Waals surface area (Å²) >= 11 is 3.53. The van der Waals surface area contributed by atoms with Crippen molar-refractivity contribution in [2.24, 2.45) is 0 Å². The number of esters is 1. The number of amides is 2. The second-order valence-corrected chi connectivity index (χ2v) is 10.2. The maximum absolute atomic E-state index is 13.5. The van der Waals surface area contributed by atoms with Crippen LogP contribution < -0.4 is 5.32 Å². The number of hydrogen-bond acceptors (Lipinski definition) is 6. The molecule has 0 aliphatic carbocycles. The van der Waals surface area contributed by atoms with E-state index >= 15 is 0 Å². The number of piperidine rings is 1. The Morgan fingerprint density at radius 3 is 2.39 bits per heavy atom. The molecule has 0 spiro atoms. The highest BCUT2D eigenvalue weighted by atomic mass is 32.1. The van der Waals surface area contributed by atoms with Gasteiger partial charge in [0.25, 0.3) is 11.8 Å². The van der Waals surface area contributed by atoms with Crippen molar-refractivity contribution in [2.45, 2.75) is 25.7 Å². The molecule has 8 nitrogen and oxygen atoms in total. The van der Waals surface area contributed by atoms with Gasteiger partial charge < -0.3 is 15.0 Å². The van der Waals surface area contributed by atoms with Gasteiger partial charge in [0.05, 0.1) is 23.0 Å². The van der Waals surface area contributed by atoms with Crippen molar-refractivity contribution in [2.75, 3.05) is 31.3 Å². The highest BCUT2D eigenvalue weighted by Gasteiger charge is 2.26. The Balaban J connectivity index is 0.00000216. The van der Waals surface area contributed by atoms with Crippen molar-refractivity contribution in [3.8, 4) is 11.3 Å². The molecule has 3 aromatic carbocycles. The summed E-state index contributed by atoms with van der Waals surface area (Å²) in [6.07, 6.45) is 6.24. The maximum Gasteiger partial charge on any atom is 0.338 e. The molecule has 1 aliphatic rings. The number of likely N-dealkylation sites (tertiary alicyclic amines) is 1. The maximum atomic E-state index is 13.5. The molecule has 228 valence electrons. The Kier molecular flexibility index (Phi) is 11.1. The molecule has 5 rings (SSSR count). The molecular weight excluding hydrogens is 579 g/mol. The summed E-state index contributed by atoms with van der Waals surface area (Å²) in [6, 6.07) is 18.5. The number of H-pyrrole nitrogens is 1. The molecular formula is C34H35FN4O4S. The van der Waals surface area contributed by atoms with E-state index < -0.39 is 5.91 Å². The molecule has 1 aromatic heterocycles. The van der Waals surface area contributed by atoms with Gasteiger partial charge in [0.1, 0.15) is 12.4 Å². The third-order valence-corrected chi connectivity index (χ3v) is 7.47. The molecule has 2 heterocycles. The van der Waals surface area contributed by atoms with Crippen LogP contribution in [0, 0.1) is 12.7 Å². The van der Waals surface area contributed by atoms with Crippen LogP contribution in [0.4, 0.5) is 10.1 Å². The fourth-order valence-electron chi connectivity index (χ4n) is 5.12. The van der Waals surface area contributed by atoms with Crippen LogP contribution in [0.5, 0.6) is 0 Å². The number of rotatable bonds is 8. The molecule has 0 unspecified atom stereocenters. The van der Waals surface area contributed by atoms with E-state index in [1.807, 2.05) is 30.0 Å². The molecule has 10 heteroatoms. The molecule has 1 aliphatic heterocycles. The Morgan fingerprint density at radius 1 is 1.05 bits per heavy atom. The summed E-state index contributed by atoms with van der Waals surface area (Å²) in [6.45, 7) is 6.78. The van der Waals surface area contributed by atoms with E-state index in [1.165, 1.54) is 24.4 Å². The average molecular weight is 615 g/mol. The fourth-order valence-corrected chi connectivity index (χ4v) is 5.12. The lowest BCUT2D eigenvalue weighted by atomic mass is 9.88. The lowest BCUT2D eigenvalue weighted by Gasteiger charge is -2.32. The summed E-state index contributed by atoms with van der Waals surface area (Å²) in [5, 5.41) is 9.66. The number of aromatic nitrogens is 2. The number of hydrogen-bond donors (Lipinski definition) is 3. The van der Waals surface area contributed by atoms with Crippen molar-refractivity contribution in [3.63, 3.8) is 0 Å². The number of anilines is 1. The van der Waals surface area contributed by atoms with Crippen molar-refractivity contribution >= 4 is 36.1 Å². The van der Waals surface area contributed by atoms with Crippen LogP contribution in [0.3, 0.4) is 0 Å². The number of nitrogens with zero attached hydrogens (tertiary/aromatic N) is 2. The van der Waals surface area contributed by atoms with Gasteiger partial charge in [0.15, 0.2) is 0 Å². The van der Waals surface area contributed by atoms with Gasteiger partial charge in [-0.2, -0.15) is 17.7 Å². The van der Waals surface area contributed by atoms with Crippen LogP contribution in [0.1, 0.15) is 61.0 Å². The van der Waals surface area contributed by atoms with Gasteiger partial charge in [0.2, 0.25) is 0 Å². The number of thiol groups is 1. The first kappa shape index (κ1) is 32.2. The van der Waals surface area contributed by atoms with Gasteiger partial charge in [-0.05, 0) is 91.6 Å². The van der Waals surface area contributed by atoms with E-state index in [4.69, 9.17) is 4.74 Å². The first-order chi connectivity index (χ1) is 21.3. The standard InChI is InChI=1S/C33H31FN4O4.CH4S/c1-3-18-42-33(41)25-7-5-22(6-8-25)23-14-16-38(17-15-23)32(40)28-19-27(13-4-21(28)2)36-31(39)29-20-35-37-30(29)24-9-11-26(34)12-10-24;1-2/h3-13,19-20,23H,1,14-18H2,2H3,(H,35,37)(H,36,39);2H,1H3. The Morgan fingerprint density at radius 2 is 1.73 bits per heavy atom. The normalized spacial score (nSPS) is 13.0. The SMILES string of the molecule is C=CCOC(=O)c1ccc(C2CCN(C(=O)c3cc(NC(=O)c4cn[nH]c4-c4ccc(F)cc4)ccc3C)CC2)cc1.CS. The minimum absolute atomic E-state index is 0.0855. The van der Waals surface area contributed by atoms with E-state index in [-0.39, 0.29) is 30.2 Å². The Hall–Kier alpha value is -4.70. The van der Waals surface area contributed by atoms with Crippen LogP contribution in [0.25, 0.3) is 11.3 Å². The zero-order chi connectivity index (χ0) is 31.6.